The first kappa shape index (κ1) is 30.4. The van der Waals surface area contributed by atoms with Crippen LogP contribution in [0, 0.1) is 6.92 Å². The average Bonchev–Trinajstić information content (AvgIpc) is 3.66. The highest BCUT2D eigenvalue weighted by Crippen LogP contribution is 2.63. The quantitative estimate of drug-likeness (QED) is 0.185. The summed E-state index contributed by atoms with van der Waals surface area (Å²) >= 11 is 0. The predicted octanol–water partition coefficient (Wildman–Crippen LogP) is 13.9. The molecule has 0 saturated heterocycles. The Balaban J connectivity index is 1.24. The van der Waals surface area contributed by atoms with Crippen LogP contribution in [0.15, 0.2) is 144 Å². The number of ether oxygens (including phenoxy) is 1. The Hall–Kier alpha value is -6.26. The van der Waals surface area contributed by atoms with E-state index in [0.29, 0.717) is 0 Å². The molecule has 4 nitrogen and oxygen atoms in total. The Labute approximate surface area is 309 Å². The standard InChI is InChI=1S/C49H38N2O2/c1-29-14-12-23-42-45(29)51-38-20-10-9-19-36(38)49(4,5)44-39(26-27-43(52-42)46(44)51)50(40-21-13-17-34-33-16-7-11-22-41(33)53-47(34)40)30-24-25-32-31-15-6-8-18-35(31)48(2,3)37(32)28-30/h6-28H,1-5H3. The van der Waals surface area contributed by atoms with E-state index in [0.717, 1.165) is 61.9 Å². The third kappa shape index (κ3) is 3.96. The van der Waals surface area contributed by atoms with E-state index in [9.17, 15) is 0 Å². The lowest BCUT2D eigenvalue weighted by atomic mass is 9.72. The van der Waals surface area contributed by atoms with Crippen molar-refractivity contribution in [3.63, 3.8) is 0 Å². The van der Waals surface area contributed by atoms with Crippen LogP contribution in [-0.4, -0.2) is 0 Å². The van der Waals surface area contributed by atoms with E-state index in [1.54, 1.807) is 0 Å². The Bertz CT molecular complexity index is 2860. The Morgan fingerprint density at radius 1 is 0.547 bits per heavy atom. The lowest BCUT2D eigenvalue weighted by Gasteiger charge is -2.47. The molecule has 0 fully saturated rings. The molecule has 0 bridgehead atoms. The minimum Gasteiger partial charge on any atom is -0.454 e. The summed E-state index contributed by atoms with van der Waals surface area (Å²) in [6.07, 6.45) is 0. The van der Waals surface area contributed by atoms with E-state index in [-0.39, 0.29) is 10.8 Å². The second-order valence-corrected chi connectivity index (χ2v) is 15.8. The molecule has 0 spiro atoms. The smallest absolute Gasteiger partial charge is 0.159 e. The second kappa shape index (κ2) is 10.4. The van der Waals surface area contributed by atoms with Crippen LogP contribution in [0.4, 0.5) is 34.1 Å². The van der Waals surface area contributed by atoms with Gasteiger partial charge in [-0.15, -0.1) is 0 Å². The number of nitrogens with zero attached hydrogens (tertiary/aromatic N) is 2. The first-order valence-corrected chi connectivity index (χ1v) is 18.5. The molecule has 0 N–H and O–H groups in total. The minimum atomic E-state index is -0.385. The third-order valence-electron chi connectivity index (χ3n) is 12.1. The van der Waals surface area contributed by atoms with E-state index in [1.165, 1.54) is 44.6 Å². The first-order chi connectivity index (χ1) is 25.7. The SMILES string of the molecule is Cc1cccc2c1N1c3ccccc3C(C)(C)c3c(N(c4ccc5c(c4)C(C)(C)c4ccccc4-5)c4cccc5c4oc4ccccc45)ccc(c31)O2. The van der Waals surface area contributed by atoms with Gasteiger partial charge in [0.05, 0.1) is 28.4 Å². The number of para-hydroxylation sites is 4. The summed E-state index contributed by atoms with van der Waals surface area (Å²) in [7, 11) is 0. The fourth-order valence-electron chi connectivity index (χ4n) is 9.62. The number of hydrogen-bond acceptors (Lipinski definition) is 4. The van der Waals surface area contributed by atoms with Gasteiger partial charge in [0.15, 0.2) is 17.1 Å². The van der Waals surface area contributed by atoms with Gasteiger partial charge in [0.1, 0.15) is 5.58 Å². The van der Waals surface area contributed by atoms with Crippen molar-refractivity contribution in [1.82, 2.24) is 0 Å². The number of benzene rings is 7. The molecule has 11 rings (SSSR count). The lowest BCUT2D eigenvalue weighted by Crippen LogP contribution is -2.34. The Morgan fingerprint density at radius 2 is 1.26 bits per heavy atom. The van der Waals surface area contributed by atoms with Crippen LogP contribution in [0.25, 0.3) is 33.1 Å². The maximum absolute atomic E-state index is 6.81. The van der Waals surface area contributed by atoms with Gasteiger partial charge in [-0.25, -0.2) is 0 Å². The molecule has 0 unspecified atom stereocenters. The number of hydrogen-bond donors (Lipinski definition) is 0. The molecular weight excluding hydrogens is 649 g/mol. The van der Waals surface area contributed by atoms with Gasteiger partial charge in [0.25, 0.3) is 0 Å². The summed E-state index contributed by atoms with van der Waals surface area (Å²) < 4.78 is 13.6. The first-order valence-electron chi connectivity index (χ1n) is 18.5. The monoisotopic (exact) mass is 686 g/mol. The van der Waals surface area contributed by atoms with Gasteiger partial charge in [0.2, 0.25) is 0 Å². The van der Waals surface area contributed by atoms with Gasteiger partial charge < -0.3 is 19.0 Å². The predicted molar refractivity (Wildman–Crippen MR) is 218 cm³/mol. The van der Waals surface area contributed by atoms with Crippen LogP contribution < -0.4 is 14.5 Å². The molecule has 7 aromatic carbocycles. The van der Waals surface area contributed by atoms with Crippen LogP contribution >= 0.6 is 0 Å². The van der Waals surface area contributed by atoms with Gasteiger partial charge in [-0.1, -0.05) is 119 Å². The van der Waals surface area contributed by atoms with Crippen molar-refractivity contribution in [2.75, 3.05) is 9.80 Å². The molecule has 0 saturated carbocycles. The molecule has 0 radical (unpaired) electrons. The van der Waals surface area contributed by atoms with Crippen LogP contribution in [0.1, 0.15) is 55.5 Å². The summed E-state index contributed by atoms with van der Waals surface area (Å²) in [6, 6.07) is 50.4. The van der Waals surface area contributed by atoms with E-state index in [1.807, 2.05) is 6.07 Å². The molecule has 2 aliphatic heterocycles. The van der Waals surface area contributed by atoms with Crippen molar-refractivity contribution < 1.29 is 9.15 Å². The van der Waals surface area contributed by atoms with Crippen LogP contribution in [-0.2, 0) is 10.8 Å². The molecule has 53 heavy (non-hydrogen) atoms. The van der Waals surface area contributed by atoms with Crippen LogP contribution in [0.3, 0.4) is 0 Å². The Morgan fingerprint density at radius 3 is 2.15 bits per heavy atom. The molecule has 0 amide bonds. The Kier molecular flexibility index (Phi) is 5.97. The highest BCUT2D eigenvalue weighted by molar-refractivity contribution is 6.11. The molecular formula is C49H38N2O2. The van der Waals surface area contributed by atoms with Crippen molar-refractivity contribution in [2.45, 2.75) is 45.4 Å². The van der Waals surface area contributed by atoms with Crippen molar-refractivity contribution in [3.8, 4) is 22.6 Å². The van der Waals surface area contributed by atoms with Gasteiger partial charge in [-0.3, -0.25) is 0 Å². The van der Waals surface area contributed by atoms with Crippen molar-refractivity contribution in [2.24, 2.45) is 0 Å². The van der Waals surface area contributed by atoms with E-state index >= 15 is 0 Å². The zero-order valence-corrected chi connectivity index (χ0v) is 30.5. The molecule has 256 valence electrons. The maximum Gasteiger partial charge on any atom is 0.159 e. The van der Waals surface area contributed by atoms with Gasteiger partial charge in [-0.2, -0.15) is 0 Å². The molecule has 8 aromatic rings. The average molecular weight is 687 g/mol. The van der Waals surface area contributed by atoms with Gasteiger partial charge in [0, 0.05) is 32.9 Å². The van der Waals surface area contributed by atoms with Crippen LogP contribution in [0.5, 0.6) is 11.5 Å². The number of anilines is 6. The number of rotatable bonds is 3. The van der Waals surface area contributed by atoms with E-state index in [2.05, 4.69) is 178 Å². The molecule has 3 heterocycles. The van der Waals surface area contributed by atoms with Crippen LogP contribution in [0.2, 0.25) is 0 Å². The lowest BCUT2D eigenvalue weighted by molar-refractivity contribution is 0.471. The number of furan rings is 1. The second-order valence-electron chi connectivity index (χ2n) is 15.8. The largest absolute Gasteiger partial charge is 0.454 e. The molecule has 1 aromatic heterocycles. The highest BCUT2D eigenvalue weighted by atomic mass is 16.5. The van der Waals surface area contributed by atoms with Crippen molar-refractivity contribution in [3.05, 3.63) is 167 Å². The zero-order valence-electron chi connectivity index (χ0n) is 30.5. The molecule has 1 aliphatic carbocycles. The topological polar surface area (TPSA) is 28.9 Å². The fourth-order valence-corrected chi connectivity index (χ4v) is 9.62. The van der Waals surface area contributed by atoms with Gasteiger partial charge in [-0.05, 0) is 88.8 Å². The van der Waals surface area contributed by atoms with E-state index in [4.69, 9.17) is 9.15 Å². The zero-order chi connectivity index (χ0) is 35.8. The third-order valence-corrected chi connectivity index (χ3v) is 12.1. The molecule has 3 aliphatic rings. The maximum atomic E-state index is 6.81. The molecule has 4 heteroatoms. The summed E-state index contributed by atoms with van der Waals surface area (Å²) in [4.78, 5) is 4.90. The fraction of sp³-hybridized carbons (Fsp3) is 0.143. The number of aryl methyl sites for hydroxylation is 1. The summed E-state index contributed by atoms with van der Waals surface area (Å²) in [5, 5.41) is 2.21. The van der Waals surface area contributed by atoms with Gasteiger partial charge >= 0.3 is 0 Å². The minimum absolute atomic E-state index is 0.160. The number of fused-ring (bicyclic) bond motifs is 10. The normalized spacial score (nSPS) is 15.3. The van der Waals surface area contributed by atoms with Crippen molar-refractivity contribution >= 4 is 56.1 Å². The molecule has 0 atom stereocenters. The summed E-state index contributed by atoms with van der Waals surface area (Å²) in [6.45, 7) is 11.6. The van der Waals surface area contributed by atoms with Crippen molar-refractivity contribution in [1.29, 1.82) is 0 Å². The summed E-state index contributed by atoms with van der Waals surface area (Å²) in [5.41, 5.74) is 16.7. The highest BCUT2D eigenvalue weighted by Gasteiger charge is 2.45. The van der Waals surface area contributed by atoms with E-state index < -0.39 is 0 Å². The summed E-state index contributed by atoms with van der Waals surface area (Å²) in [5.74, 6) is 1.73.